The van der Waals surface area contributed by atoms with Crippen LogP contribution in [0, 0.1) is 0 Å². The number of carbonyl (C=O) groups is 1. The third-order valence-electron chi connectivity index (χ3n) is 2.50. The summed E-state index contributed by atoms with van der Waals surface area (Å²) in [4.78, 5) is 14.1. The summed E-state index contributed by atoms with van der Waals surface area (Å²) in [6.45, 7) is 2.50. The number of rotatable bonds is 7. The number of esters is 1. The highest BCUT2D eigenvalue weighted by molar-refractivity contribution is 7.91. The minimum absolute atomic E-state index is 0.119. The second-order valence-electron chi connectivity index (χ2n) is 3.80. The van der Waals surface area contributed by atoms with Crippen LogP contribution in [0.4, 0.5) is 0 Å². The lowest BCUT2D eigenvalue weighted by atomic mass is 10.4. The molecule has 2 N–H and O–H groups in total. The lowest BCUT2D eigenvalue weighted by molar-refractivity contribution is 0.0594. The first-order valence-corrected chi connectivity index (χ1v) is 7.48. The molecule has 0 aliphatic carbocycles. The fourth-order valence-electron chi connectivity index (χ4n) is 1.37. The molecule has 0 unspecified atom stereocenters. The van der Waals surface area contributed by atoms with Gasteiger partial charge >= 0.3 is 5.97 Å². The van der Waals surface area contributed by atoms with Crippen LogP contribution in [-0.2, 0) is 21.1 Å². The Morgan fingerprint density at radius 3 is 2.78 bits per heavy atom. The van der Waals surface area contributed by atoms with Gasteiger partial charge in [-0.15, -0.1) is 0 Å². The first-order chi connectivity index (χ1) is 8.48. The number of aromatic nitrogens is 1. The van der Waals surface area contributed by atoms with Crippen LogP contribution in [0.3, 0.4) is 0 Å². The minimum atomic E-state index is -2.93. The van der Waals surface area contributed by atoms with Gasteiger partial charge < -0.3 is 15.0 Å². The van der Waals surface area contributed by atoms with Gasteiger partial charge in [-0.25, -0.2) is 13.2 Å². The number of aromatic amines is 1. The average Bonchev–Trinajstić information content (AvgIpc) is 2.82. The zero-order chi connectivity index (χ0) is 13.6. The molecule has 0 atom stereocenters. The van der Waals surface area contributed by atoms with E-state index in [-0.39, 0.29) is 11.5 Å². The fraction of sp³-hybridized carbons (Fsp3) is 0.545. The normalized spacial score (nSPS) is 11.4. The van der Waals surface area contributed by atoms with Crippen LogP contribution < -0.4 is 5.32 Å². The van der Waals surface area contributed by atoms with Gasteiger partial charge in [0.15, 0.2) is 9.84 Å². The lowest BCUT2D eigenvalue weighted by Crippen LogP contribution is -2.23. The van der Waals surface area contributed by atoms with E-state index in [4.69, 9.17) is 0 Å². The van der Waals surface area contributed by atoms with Gasteiger partial charge in [-0.3, -0.25) is 0 Å². The molecule has 0 aliphatic rings. The van der Waals surface area contributed by atoms with Crippen molar-refractivity contribution in [2.24, 2.45) is 0 Å². The Morgan fingerprint density at radius 2 is 2.17 bits per heavy atom. The summed E-state index contributed by atoms with van der Waals surface area (Å²) in [6.07, 6.45) is 0. The van der Waals surface area contributed by atoms with E-state index in [1.165, 1.54) is 7.11 Å². The van der Waals surface area contributed by atoms with Gasteiger partial charge in [0, 0.05) is 24.5 Å². The highest BCUT2D eigenvalue weighted by Gasteiger charge is 2.08. The van der Waals surface area contributed by atoms with Crippen LogP contribution in [0.1, 0.15) is 23.1 Å². The molecule has 7 heteroatoms. The predicted molar refractivity (Wildman–Crippen MR) is 68.2 cm³/mol. The van der Waals surface area contributed by atoms with E-state index in [1.807, 2.05) is 0 Å². The average molecular weight is 274 g/mol. The maximum absolute atomic E-state index is 11.2. The Morgan fingerprint density at radius 1 is 1.44 bits per heavy atom. The van der Waals surface area contributed by atoms with Crippen LogP contribution in [-0.4, -0.2) is 44.5 Å². The second kappa shape index (κ2) is 6.55. The molecule has 0 fully saturated rings. The van der Waals surface area contributed by atoms with Crippen LogP contribution in [0.25, 0.3) is 0 Å². The molecule has 0 aromatic carbocycles. The van der Waals surface area contributed by atoms with E-state index in [0.717, 1.165) is 5.69 Å². The molecule has 0 aliphatic heterocycles. The van der Waals surface area contributed by atoms with Crippen molar-refractivity contribution in [2.45, 2.75) is 13.5 Å². The summed E-state index contributed by atoms with van der Waals surface area (Å²) >= 11 is 0. The summed E-state index contributed by atoms with van der Waals surface area (Å²) in [7, 11) is -1.62. The number of nitrogens with one attached hydrogen (secondary N) is 2. The Balaban J connectivity index is 2.36. The molecule has 1 heterocycles. The SMILES string of the molecule is CCS(=O)(=O)CCNCc1ccc(C(=O)OC)[nH]1. The second-order valence-corrected chi connectivity index (χ2v) is 6.27. The molecule has 0 bridgehead atoms. The molecule has 0 saturated heterocycles. The van der Waals surface area contributed by atoms with Crippen LogP contribution >= 0.6 is 0 Å². The number of carbonyl (C=O) groups excluding carboxylic acids is 1. The Kier molecular flexibility index (Phi) is 5.36. The summed E-state index contributed by atoms with van der Waals surface area (Å²) in [6, 6.07) is 3.39. The molecule has 18 heavy (non-hydrogen) atoms. The molecule has 1 rings (SSSR count). The van der Waals surface area contributed by atoms with E-state index >= 15 is 0 Å². The van der Waals surface area contributed by atoms with Gasteiger partial charge in [-0.1, -0.05) is 6.92 Å². The van der Waals surface area contributed by atoms with E-state index in [2.05, 4.69) is 15.0 Å². The monoisotopic (exact) mass is 274 g/mol. The highest BCUT2D eigenvalue weighted by atomic mass is 32.2. The molecule has 0 spiro atoms. The molecular weight excluding hydrogens is 256 g/mol. The highest BCUT2D eigenvalue weighted by Crippen LogP contribution is 2.03. The molecular formula is C11H18N2O4S. The predicted octanol–water partition coefficient (Wildman–Crippen LogP) is 0.326. The third-order valence-corrected chi connectivity index (χ3v) is 4.20. The van der Waals surface area contributed by atoms with E-state index < -0.39 is 15.8 Å². The number of methoxy groups -OCH3 is 1. The van der Waals surface area contributed by atoms with E-state index in [0.29, 0.717) is 18.8 Å². The van der Waals surface area contributed by atoms with Crippen molar-refractivity contribution in [3.63, 3.8) is 0 Å². The van der Waals surface area contributed by atoms with Crippen LogP contribution in [0.2, 0.25) is 0 Å². The summed E-state index contributed by atoms with van der Waals surface area (Å²) in [5, 5.41) is 3.00. The first kappa shape index (κ1) is 14.7. The van der Waals surface area contributed by atoms with Crippen molar-refractivity contribution in [1.29, 1.82) is 0 Å². The molecule has 102 valence electrons. The maximum atomic E-state index is 11.2. The largest absolute Gasteiger partial charge is 0.464 e. The number of hydrogen-bond donors (Lipinski definition) is 2. The molecule has 1 aromatic heterocycles. The standard InChI is InChI=1S/C11H18N2O4S/c1-3-18(15,16)7-6-12-8-9-4-5-10(13-9)11(14)17-2/h4-5,12-13H,3,6-8H2,1-2H3. The van der Waals surface area contributed by atoms with Gasteiger partial charge in [0.1, 0.15) is 5.69 Å². The van der Waals surface area contributed by atoms with Crippen molar-refractivity contribution in [3.05, 3.63) is 23.5 Å². The maximum Gasteiger partial charge on any atom is 0.354 e. The van der Waals surface area contributed by atoms with Gasteiger partial charge in [0.2, 0.25) is 0 Å². The minimum Gasteiger partial charge on any atom is -0.464 e. The van der Waals surface area contributed by atoms with Gasteiger partial charge in [-0.05, 0) is 12.1 Å². The summed E-state index contributed by atoms with van der Waals surface area (Å²) in [5.74, 6) is -0.146. The van der Waals surface area contributed by atoms with Gasteiger partial charge in [0.05, 0.1) is 12.9 Å². The van der Waals surface area contributed by atoms with Gasteiger partial charge in [0.25, 0.3) is 0 Å². The molecule has 1 aromatic rings. The van der Waals surface area contributed by atoms with Crippen molar-refractivity contribution in [3.8, 4) is 0 Å². The van der Waals surface area contributed by atoms with Crippen molar-refractivity contribution >= 4 is 15.8 Å². The van der Waals surface area contributed by atoms with E-state index in [9.17, 15) is 13.2 Å². The Hall–Kier alpha value is -1.34. The zero-order valence-electron chi connectivity index (χ0n) is 10.5. The number of ether oxygens (including phenoxy) is 1. The topological polar surface area (TPSA) is 88.3 Å². The lowest BCUT2D eigenvalue weighted by Gasteiger charge is -2.03. The summed E-state index contributed by atoms with van der Waals surface area (Å²) in [5.41, 5.74) is 1.19. The molecule has 0 saturated carbocycles. The fourth-order valence-corrected chi connectivity index (χ4v) is 2.11. The molecule has 6 nitrogen and oxygen atoms in total. The summed E-state index contributed by atoms with van der Waals surface area (Å²) < 4.78 is 27.0. The van der Waals surface area contributed by atoms with Crippen molar-refractivity contribution in [1.82, 2.24) is 10.3 Å². The molecule has 0 amide bonds. The Bertz CT molecular complexity index is 493. The van der Waals surface area contributed by atoms with Crippen LogP contribution in [0.15, 0.2) is 12.1 Å². The van der Waals surface area contributed by atoms with Crippen LogP contribution in [0.5, 0.6) is 0 Å². The third kappa shape index (κ3) is 4.50. The molecule has 0 radical (unpaired) electrons. The smallest absolute Gasteiger partial charge is 0.354 e. The van der Waals surface area contributed by atoms with Crippen molar-refractivity contribution in [2.75, 3.05) is 25.2 Å². The van der Waals surface area contributed by atoms with Crippen molar-refractivity contribution < 1.29 is 17.9 Å². The van der Waals surface area contributed by atoms with E-state index in [1.54, 1.807) is 19.1 Å². The Labute approximate surface area is 107 Å². The first-order valence-electron chi connectivity index (χ1n) is 5.66. The van der Waals surface area contributed by atoms with Gasteiger partial charge in [-0.2, -0.15) is 0 Å². The number of hydrogen-bond acceptors (Lipinski definition) is 5. The zero-order valence-corrected chi connectivity index (χ0v) is 11.3. The number of sulfone groups is 1. The number of H-pyrrole nitrogens is 1. The quantitative estimate of drug-likeness (QED) is 0.552.